The molecular weight excluding hydrogens is 627 g/mol. The lowest BCUT2D eigenvalue weighted by atomic mass is 9.60. The molecule has 0 amide bonds. The summed E-state index contributed by atoms with van der Waals surface area (Å²) < 4.78 is 0. The Labute approximate surface area is 309 Å². The number of hydrogen-bond donors (Lipinski definition) is 0. The standard InChI is InChI=1S/C51H41N/c1-9-17-34(10-2)22-25-37-28-40-46-41(29-37)50(5,6)43-31-39(27-24-36-20-15-12-16-21-36)33-45-48(43)52(46)47-42(49(40,3)4)30-38(32-44(47)51(45,7)8)26-23-35-18-13-11-14-19-35/h9-21,28-33H,1-2H2,3-8H3/b34-17+. The number of nitrogens with zero attached hydrogens (tertiary/aromatic N) is 1. The Kier molecular flexibility index (Phi) is 7.58. The van der Waals surface area contributed by atoms with Gasteiger partial charge in [-0.25, -0.2) is 0 Å². The second kappa shape index (κ2) is 12.0. The van der Waals surface area contributed by atoms with Gasteiger partial charge in [-0.1, -0.05) is 139 Å². The smallest absolute Gasteiger partial charge is 0.0544 e. The molecule has 52 heavy (non-hydrogen) atoms. The molecule has 0 N–H and O–H groups in total. The first-order valence-corrected chi connectivity index (χ1v) is 17.9. The maximum atomic E-state index is 3.97. The number of benzene rings is 5. The lowest BCUT2D eigenvalue weighted by molar-refractivity contribution is 0.566. The van der Waals surface area contributed by atoms with Gasteiger partial charge < -0.3 is 4.90 Å². The second-order valence-corrected chi connectivity index (χ2v) is 15.5. The van der Waals surface area contributed by atoms with Gasteiger partial charge in [-0.05, 0) is 100 Å². The van der Waals surface area contributed by atoms with Crippen LogP contribution in [-0.2, 0) is 16.2 Å². The highest BCUT2D eigenvalue weighted by Crippen LogP contribution is 2.66. The molecule has 0 radical (unpaired) electrons. The lowest BCUT2D eigenvalue weighted by Gasteiger charge is -2.55. The van der Waals surface area contributed by atoms with Crippen LogP contribution >= 0.6 is 0 Å². The van der Waals surface area contributed by atoms with Gasteiger partial charge in [-0.2, -0.15) is 0 Å². The molecule has 5 aromatic rings. The van der Waals surface area contributed by atoms with E-state index in [1.54, 1.807) is 12.2 Å². The molecule has 0 fully saturated rings. The van der Waals surface area contributed by atoms with Crippen molar-refractivity contribution in [2.45, 2.75) is 57.8 Å². The fourth-order valence-corrected chi connectivity index (χ4v) is 8.24. The van der Waals surface area contributed by atoms with E-state index in [0.29, 0.717) is 0 Å². The van der Waals surface area contributed by atoms with E-state index >= 15 is 0 Å². The SMILES string of the molecule is C=C/C=C(/C#Cc1cc2c3c(c1)C(C)(C)c1cc(C#Cc4ccccc4)cc4c1N3c1c(cc(C#Cc3ccccc3)cc1C4(C)C)C2(C)C)C=C. The van der Waals surface area contributed by atoms with Crippen LogP contribution in [0.5, 0.6) is 0 Å². The van der Waals surface area contributed by atoms with Crippen molar-refractivity contribution < 1.29 is 0 Å². The molecular formula is C51H41N. The number of allylic oxidation sites excluding steroid dienone is 4. The lowest BCUT2D eigenvalue weighted by Crippen LogP contribution is -2.44. The molecule has 3 heterocycles. The van der Waals surface area contributed by atoms with Crippen LogP contribution in [0.3, 0.4) is 0 Å². The summed E-state index contributed by atoms with van der Waals surface area (Å²) in [5.41, 5.74) is 16.4. The molecule has 0 spiro atoms. The van der Waals surface area contributed by atoms with Gasteiger partial charge in [0, 0.05) is 49.6 Å². The highest BCUT2D eigenvalue weighted by Gasteiger charge is 2.52. The predicted molar refractivity (Wildman–Crippen MR) is 218 cm³/mol. The third-order valence-corrected chi connectivity index (χ3v) is 11.2. The average molecular weight is 668 g/mol. The summed E-state index contributed by atoms with van der Waals surface area (Å²) in [4.78, 5) is 2.58. The Morgan fingerprint density at radius 1 is 0.481 bits per heavy atom. The van der Waals surface area contributed by atoms with E-state index in [1.807, 2.05) is 42.5 Å². The normalized spacial score (nSPS) is 15.7. The topological polar surface area (TPSA) is 3.24 Å². The van der Waals surface area contributed by atoms with Gasteiger partial charge in [-0.3, -0.25) is 0 Å². The van der Waals surface area contributed by atoms with Crippen LogP contribution in [0.1, 0.15) is 103 Å². The van der Waals surface area contributed by atoms with Crippen molar-refractivity contribution in [1.29, 1.82) is 0 Å². The summed E-state index contributed by atoms with van der Waals surface area (Å²) in [5.74, 6) is 20.9. The van der Waals surface area contributed by atoms with Crippen molar-refractivity contribution >= 4 is 17.1 Å². The molecule has 0 saturated carbocycles. The molecule has 1 nitrogen and oxygen atoms in total. The molecule has 5 aromatic carbocycles. The van der Waals surface area contributed by atoms with Crippen LogP contribution in [0.25, 0.3) is 0 Å². The minimum atomic E-state index is -0.326. The van der Waals surface area contributed by atoms with Gasteiger partial charge in [0.05, 0.1) is 17.1 Å². The molecule has 0 bridgehead atoms. The summed E-state index contributed by atoms with van der Waals surface area (Å²) in [7, 11) is 0. The monoisotopic (exact) mass is 667 g/mol. The first kappa shape index (κ1) is 33.0. The molecule has 0 aliphatic carbocycles. The molecule has 8 rings (SSSR count). The summed E-state index contributed by atoms with van der Waals surface area (Å²) in [5, 5.41) is 0. The van der Waals surface area contributed by atoms with Crippen molar-refractivity contribution in [2.75, 3.05) is 4.90 Å². The Bertz CT molecular complexity index is 2420. The van der Waals surface area contributed by atoms with Crippen molar-refractivity contribution in [1.82, 2.24) is 0 Å². The highest BCUT2D eigenvalue weighted by atomic mass is 15.2. The van der Waals surface area contributed by atoms with Crippen LogP contribution in [0, 0.1) is 35.5 Å². The maximum absolute atomic E-state index is 3.97. The van der Waals surface area contributed by atoms with E-state index in [2.05, 4.69) is 156 Å². The number of hydrogen-bond acceptors (Lipinski definition) is 1. The zero-order valence-electron chi connectivity index (χ0n) is 30.8. The van der Waals surface area contributed by atoms with Gasteiger partial charge in [0.2, 0.25) is 0 Å². The van der Waals surface area contributed by atoms with Crippen LogP contribution < -0.4 is 4.90 Å². The Morgan fingerprint density at radius 3 is 1.13 bits per heavy atom. The third kappa shape index (κ3) is 5.07. The van der Waals surface area contributed by atoms with E-state index in [4.69, 9.17) is 0 Å². The van der Waals surface area contributed by atoms with Gasteiger partial charge in [0.15, 0.2) is 0 Å². The van der Waals surface area contributed by atoms with E-state index in [-0.39, 0.29) is 16.2 Å². The zero-order chi connectivity index (χ0) is 36.4. The average Bonchev–Trinajstić information content (AvgIpc) is 3.14. The Balaban J connectivity index is 1.45. The Morgan fingerprint density at radius 2 is 0.808 bits per heavy atom. The number of anilines is 3. The molecule has 3 aliphatic rings. The third-order valence-electron chi connectivity index (χ3n) is 11.2. The van der Waals surface area contributed by atoms with Crippen molar-refractivity contribution in [2.24, 2.45) is 0 Å². The van der Waals surface area contributed by atoms with E-state index in [9.17, 15) is 0 Å². The van der Waals surface area contributed by atoms with Crippen molar-refractivity contribution in [3.8, 4) is 35.5 Å². The van der Waals surface area contributed by atoms with E-state index in [1.165, 1.54) is 50.4 Å². The Hall–Kier alpha value is -6.20. The summed E-state index contributed by atoms with van der Waals surface area (Å²) in [6, 6.07) is 34.4. The summed E-state index contributed by atoms with van der Waals surface area (Å²) in [6.07, 6.45) is 5.44. The van der Waals surface area contributed by atoms with E-state index in [0.717, 1.165) is 33.4 Å². The largest absolute Gasteiger partial charge is 0.309 e. The summed E-state index contributed by atoms with van der Waals surface area (Å²) in [6.45, 7) is 22.0. The van der Waals surface area contributed by atoms with E-state index < -0.39 is 0 Å². The van der Waals surface area contributed by atoms with Gasteiger partial charge >= 0.3 is 0 Å². The quantitative estimate of drug-likeness (QED) is 0.134. The molecule has 0 aromatic heterocycles. The highest BCUT2D eigenvalue weighted by molar-refractivity contribution is 5.99. The maximum Gasteiger partial charge on any atom is 0.0544 e. The van der Waals surface area contributed by atoms with Gasteiger partial charge in [0.1, 0.15) is 0 Å². The fraction of sp³-hybridized carbons (Fsp3) is 0.176. The van der Waals surface area contributed by atoms with Crippen molar-refractivity contribution in [3.05, 3.63) is 195 Å². The van der Waals surface area contributed by atoms with Crippen LogP contribution in [-0.4, -0.2) is 0 Å². The second-order valence-electron chi connectivity index (χ2n) is 15.5. The first-order valence-electron chi connectivity index (χ1n) is 17.9. The molecule has 0 unspecified atom stereocenters. The van der Waals surface area contributed by atoms with Crippen LogP contribution in [0.4, 0.5) is 17.1 Å². The minimum Gasteiger partial charge on any atom is -0.309 e. The molecule has 0 saturated heterocycles. The minimum absolute atomic E-state index is 0.315. The molecule has 3 aliphatic heterocycles. The summed E-state index contributed by atoms with van der Waals surface area (Å²) >= 11 is 0. The first-order chi connectivity index (χ1) is 24.9. The predicted octanol–water partition coefficient (Wildman–Crippen LogP) is 11.5. The van der Waals surface area contributed by atoms with Crippen LogP contribution in [0.2, 0.25) is 0 Å². The zero-order valence-corrected chi connectivity index (χ0v) is 30.8. The molecule has 250 valence electrons. The fourth-order valence-electron chi connectivity index (χ4n) is 8.24. The van der Waals surface area contributed by atoms with Crippen LogP contribution in [0.15, 0.2) is 134 Å². The molecule has 1 heteroatoms. The van der Waals surface area contributed by atoms with Gasteiger partial charge in [0.25, 0.3) is 0 Å². The van der Waals surface area contributed by atoms with Gasteiger partial charge in [-0.15, -0.1) is 0 Å². The van der Waals surface area contributed by atoms with Crippen molar-refractivity contribution in [3.63, 3.8) is 0 Å². The number of rotatable bonds is 2. The molecule has 0 atom stereocenters.